The van der Waals surface area contributed by atoms with Crippen molar-refractivity contribution in [1.29, 1.82) is 0 Å². The molecule has 0 spiro atoms. The summed E-state index contributed by atoms with van der Waals surface area (Å²) in [6, 6.07) is 0. The standard InChI is InChI=1S/C10H21F3N2/c1-4-5-15(8-10(11,12)13)7-9(2,3)6-14/h4-8,14H2,1-3H3. The molecule has 2 nitrogen and oxygen atoms in total. The highest BCUT2D eigenvalue weighted by molar-refractivity contribution is 4.76. The van der Waals surface area contributed by atoms with Crippen LogP contribution in [0.4, 0.5) is 13.2 Å². The van der Waals surface area contributed by atoms with Gasteiger partial charge in [-0.2, -0.15) is 13.2 Å². The fourth-order valence-corrected chi connectivity index (χ4v) is 1.45. The van der Waals surface area contributed by atoms with Gasteiger partial charge in [-0.15, -0.1) is 0 Å². The van der Waals surface area contributed by atoms with Gasteiger partial charge in [-0.05, 0) is 24.9 Å². The van der Waals surface area contributed by atoms with E-state index < -0.39 is 12.7 Å². The van der Waals surface area contributed by atoms with Crippen molar-refractivity contribution in [2.45, 2.75) is 33.4 Å². The molecule has 0 aromatic heterocycles. The quantitative estimate of drug-likeness (QED) is 0.752. The van der Waals surface area contributed by atoms with E-state index in [1.165, 1.54) is 4.90 Å². The highest BCUT2D eigenvalue weighted by atomic mass is 19.4. The molecule has 0 saturated heterocycles. The first-order valence-corrected chi connectivity index (χ1v) is 5.19. The second-order valence-corrected chi connectivity index (χ2v) is 4.69. The fourth-order valence-electron chi connectivity index (χ4n) is 1.45. The molecule has 0 atom stereocenters. The topological polar surface area (TPSA) is 29.3 Å². The second kappa shape index (κ2) is 5.70. The van der Waals surface area contributed by atoms with Crippen molar-refractivity contribution in [3.63, 3.8) is 0 Å². The zero-order valence-electron chi connectivity index (χ0n) is 9.69. The Morgan fingerprint density at radius 2 is 1.67 bits per heavy atom. The van der Waals surface area contributed by atoms with Gasteiger partial charge in [-0.25, -0.2) is 0 Å². The molecule has 0 radical (unpaired) electrons. The smallest absolute Gasteiger partial charge is 0.330 e. The first-order valence-electron chi connectivity index (χ1n) is 5.19. The summed E-state index contributed by atoms with van der Waals surface area (Å²) >= 11 is 0. The lowest BCUT2D eigenvalue weighted by atomic mass is 9.93. The van der Waals surface area contributed by atoms with Gasteiger partial charge >= 0.3 is 6.18 Å². The molecule has 92 valence electrons. The minimum atomic E-state index is -4.13. The van der Waals surface area contributed by atoms with E-state index in [1.54, 1.807) is 0 Å². The monoisotopic (exact) mass is 226 g/mol. The third-order valence-corrected chi connectivity index (χ3v) is 2.15. The summed E-state index contributed by atoms with van der Waals surface area (Å²) in [7, 11) is 0. The van der Waals surface area contributed by atoms with Crippen LogP contribution in [0.2, 0.25) is 0 Å². The normalized spacial score (nSPS) is 13.6. The van der Waals surface area contributed by atoms with Gasteiger partial charge in [0.25, 0.3) is 0 Å². The number of nitrogens with zero attached hydrogens (tertiary/aromatic N) is 1. The van der Waals surface area contributed by atoms with Crippen LogP contribution in [0.25, 0.3) is 0 Å². The molecule has 0 amide bonds. The van der Waals surface area contributed by atoms with E-state index in [1.807, 2.05) is 20.8 Å². The van der Waals surface area contributed by atoms with Gasteiger partial charge in [0.1, 0.15) is 0 Å². The van der Waals surface area contributed by atoms with Gasteiger partial charge < -0.3 is 5.73 Å². The molecule has 0 rings (SSSR count). The average Bonchev–Trinajstić information content (AvgIpc) is 2.01. The maximum atomic E-state index is 12.2. The Labute approximate surface area is 89.6 Å². The van der Waals surface area contributed by atoms with Crippen molar-refractivity contribution in [2.24, 2.45) is 11.1 Å². The summed E-state index contributed by atoms with van der Waals surface area (Å²) in [5.74, 6) is 0. The SMILES string of the molecule is CCCN(CC(F)(F)F)CC(C)(C)CN. The molecule has 0 aliphatic heterocycles. The maximum absolute atomic E-state index is 12.2. The molecule has 0 fully saturated rings. The lowest BCUT2D eigenvalue weighted by Crippen LogP contribution is -2.43. The van der Waals surface area contributed by atoms with Crippen molar-refractivity contribution < 1.29 is 13.2 Å². The van der Waals surface area contributed by atoms with E-state index >= 15 is 0 Å². The van der Waals surface area contributed by atoms with E-state index in [0.717, 1.165) is 6.42 Å². The van der Waals surface area contributed by atoms with Crippen molar-refractivity contribution in [1.82, 2.24) is 4.90 Å². The molecule has 0 aliphatic carbocycles. The van der Waals surface area contributed by atoms with Gasteiger partial charge in [0.15, 0.2) is 0 Å². The minimum absolute atomic E-state index is 0.263. The fraction of sp³-hybridized carbons (Fsp3) is 1.00. The Balaban J connectivity index is 4.28. The van der Waals surface area contributed by atoms with Gasteiger partial charge in [0.2, 0.25) is 0 Å². The molecule has 0 aromatic rings. The summed E-state index contributed by atoms with van der Waals surface area (Å²) in [5.41, 5.74) is 5.24. The Bertz CT molecular complexity index is 178. The molecule has 0 heterocycles. The average molecular weight is 226 g/mol. The van der Waals surface area contributed by atoms with Gasteiger partial charge in [-0.1, -0.05) is 20.8 Å². The van der Waals surface area contributed by atoms with E-state index in [2.05, 4.69) is 0 Å². The number of hydrogen-bond acceptors (Lipinski definition) is 2. The van der Waals surface area contributed by atoms with E-state index in [4.69, 9.17) is 5.73 Å². The lowest BCUT2D eigenvalue weighted by Gasteiger charge is -2.32. The van der Waals surface area contributed by atoms with Gasteiger partial charge in [0.05, 0.1) is 6.54 Å². The van der Waals surface area contributed by atoms with Crippen LogP contribution < -0.4 is 5.73 Å². The first-order chi connectivity index (χ1) is 6.70. The molecular weight excluding hydrogens is 205 g/mol. The van der Waals surface area contributed by atoms with Crippen LogP contribution in [0.5, 0.6) is 0 Å². The molecule has 15 heavy (non-hydrogen) atoms. The molecule has 0 aliphatic rings. The van der Waals surface area contributed by atoms with Crippen molar-refractivity contribution in [3.05, 3.63) is 0 Å². The Morgan fingerprint density at radius 3 is 2.00 bits per heavy atom. The highest BCUT2D eigenvalue weighted by Gasteiger charge is 2.32. The zero-order chi connectivity index (χ0) is 12.1. The van der Waals surface area contributed by atoms with Crippen LogP contribution in [0.3, 0.4) is 0 Å². The molecule has 5 heteroatoms. The van der Waals surface area contributed by atoms with Crippen LogP contribution >= 0.6 is 0 Å². The van der Waals surface area contributed by atoms with Gasteiger partial charge in [-0.3, -0.25) is 4.90 Å². The lowest BCUT2D eigenvalue weighted by molar-refractivity contribution is -0.148. The molecule has 0 aromatic carbocycles. The summed E-state index contributed by atoms with van der Waals surface area (Å²) in [5, 5.41) is 0. The summed E-state index contributed by atoms with van der Waals surface area (Å²) in [6.07, 6.45) is -3.41. The number of nitrogens with two attached hydrogens (primary N) is 1. The van der Waals surface area contributed by atoms with Crippen LogP contribution in [-0.2, 0) is 0 Å². The Kier molecular flexibility index (Phi) is 5.59. The van der Waals surface area contributed by atoms with Gasteiger partial charge in [0, 0.05) is 6.54 Å². The highest BCUT2D eigenvalue weighted by Crippen LogP contribution is 2.21. The zero-order valence-corrected chi connectivity index (χ0v) is 9.69. The van der Waals surface area contributed by atoms with Crippen molar-refractivity contribution >= 4 is 0 Å². The number of rotatable bonds is 6. The van der Waals surface area contributed by atoms with Crippen molar-refractivity contribution in [2.75, 3.05) is 26.2 Å². The molecule has 0 bridgehead atoms. The molecule has 0 saturated carbocycles. The molecule has 2 N–H and O–H groups in total. The summed E-state index contributed by atoms with van der Waals surface area (Å²) in [6.45, 7) is 6.03. The van der Waals surface area contributed by atoms with Crippen LogP contribution in [-0.4, -0.2) is 37.3 Å². The largest absolute Gasteiger partial charge is 0.401 e. The summed E-state index contributed by atoms with van der Waals surface area (Å²) < 4.78 is 36.7. The third kappa shape index (κ3) is 7.62. The molecular formula is C10H21F3N2. The Morgan fingerprint density at radius 1 is 1.13 bits per heavy atom. The maximum Gasteiger partial charge on any atom is 0.401 e. The van der Waals surface area contributed by atoms with Crippen LogP contribution in [0.1, 0.15) is 27.2 Å². The predicted molar refractivity (Wildman–Crippen MR) is 55.6 cm³/mol. The van der Waals surface area contributed by atoms with E-state index in [9.17, 15) is 13.2 Å². The predicted octanol–water partition coefficient (Wildman–Crippen LogP) is 2.25. The molecule has 0 unspecified atom stereocenters. The van der Waals surface area contributed by atoms with E-state index in [0.29, 0.717) is 19.6 Å². The van der Waals surface area contributed by atoms with Crippen molar-refractivity contribution in [3.8, 4) is 0 Å². The number of halogens is 3. The third-order valence-electron chi connectivity index (χ3n) is 2.15. The Hall–Kier alpha value is -0.290. The number of alkyl halides is 3. The van der Waals surface area contributed by atoms with E-state index in [-0.39, 0.29) is 5.41 Å². The minimum Gasteiger partial charge on any atom is -0.330 e. The first kappa shape index (κ1) is 14.7. The summed E-state index contributed by atoms with van der Waals surface area (Å²) in [4.78, 5) is 1.42. The van der Waals surface area contributed by atoms with Crippen LogP contribution in [0.15, 0.2) is 0 Å². The van der Waals surface area contributed by atoms with Crippen LogP contribution in [0, 0.1) is 5.41 Å². The second-order valence-electron chi connectivity index (χ2n) is 4.69. The number of hydrogen-bond donors (Lipinski definition) is 1.